The average Bonchev–Trinajstić information content (AvgIpc) is 2.96. The third kappa shape index (κ3) is 27.9. The maximum Gasteiger partial charge on any atom is 0.220 e. The third-order valence-electron chi connectivity index (χ3n) is 7.32. The lowest BCUT2D eigenvalue weighted by Crippen LogP contribution is -2.45. The van der Waals surface area contributed by atoms with Crippen molar-refractivity contribution in [3.8, 4) is 0 Å². The highest BCUT2D eigenvalue weighted by atomic mass is 16.3. The summed E-state index contributed by atoms with van der Waals surface area (Å²) in [5.74, 6) is -0.0852. The van der Waals surface area contributed by atoms with Gasteiger partial charge in [0.25, 0.3) is 0 Å². The van der Waals surface area contributed by atoms with Crippen LogP contribution in [0.3, 0.4) is 0 Å². The largest absolute Gasteiger partial charge is 0.394 e. The van der Waals surface area contributed by atoms with E-state index in [2.05, 4.69) is 55.6 Å². The molecule has 4 heteroatoms. The molecule has 2 atom stereocenters. The van der Waals surface area contributed by atoms with Crippen LogP contribution in [-0.4, -0.2) is 34.9 Å². The first-order valence-corrected chi connectivity index (χ1v) is 16.9. The minimum Gasteiger partial charge on any atom is -0.394 e. The van der Waals surface area contributed by atoms with E-state index in [9.17, 15) is 15.0 Å². The molecule has 0 saturated carbocycles. The number of unbranched alkanes of at least 4 members (excludes halogenated alkanes) is 16. The standard InChI is InChI=1S/C36H65NO3/c1-3-5-7-9-11-13-15-17-18-20-22-24-26-28-30-32-36(40)37-34(33-38)35(39)31-29-27-25-23-21-19-16-14-12-10-8-6-4-2/h5,7,11,13,17-18,29,31,34-35,38-39H,3-4,6,8-10,12,14-16,19-28,30,32-33H2,1-2H3,(H,37,40)/b7-5-,13-11-,18-17+,31-29+/t34-,35+/m0/s1. The molecule has 232 valence electrons. The second-order valence-electron chi connectivity index (χ2n) is 11.2. The minimum atomic E-state index is -0.844. The highest BCUT2D eigenvalue weighted by Crippen LogP contribution is 2.12. The summed E-state index contributed by atoms with van der Waals surface area (Å²) in [4.78, 5) is 12.3. The van der Waals surface area contributed by atoms with Crippen LogP contribution in [0.25, 0.3) is 0 Å². The maximum absolute atomic E-state index is 12.3. The van der Waals surface area contributed by atoms with Crippen LogP contribution < -0.4 is 5.32 Å². The molecule has 4 nitrogen and oxygen atoms in total. The first-order chi connectivity index (χ1) is 19.7. The second kappa shape index (κ2) is 31.9. The Morgan fingerprint density at radius 3 is 1.65 bits per heavy atom. The number of rotatable bonds is 29. The Hall–Kier alpha value is -1.65. The van der Waals surface area contributed by atoms with Crippen LogP contribution in [0.5, 0.6) is 0 Å². The van der Waals surface area contributed by atoms with E-state index in [1.165, 1.54) is 77.0 Å². The van der Waals surface area contributed by atoms with E-state index in [0.29, 0.717) is 6.42 Å². The Morgan fingerprint density at radius 1 is 0.625 bits per heavy atom. The summed E-state index contributed by atoms with van der Waals surface area (Å²) in [5.41, 5.74) is 0. The van der Waals surface area contributed by atoms with Crippen molar-refractivity contribution in [2.75, 3.05) is 6.61 Å². The van der Waals surface area contributed by atoms with Gasteiger partial charge in [-0.05, 0) is 51.4 Å². The topological polar surface area (TPSA) is 69.6 Å². The number of aliphatic hydroxyl groups is 2. The summed E-state index contributed by atoms with van der Waals surface area (Å²) in [6, 6.07) is -0.629. The normalized spacial score (nSPS) is 13.8. The predicted octanol–water partition coefficient (Wildman–Crippen LogP) is 9.67. The van der Waals surface area contributed by atoms with Crippen molar-refractivity contribution in [1.29, 1.82) is 0 Å². The molecule has 0 aromatic heterocycles. The first-order valence-electron chi connectivity index (χ1n) is 16.9. The van der Waals surface area contributed by atoms with Gasteiger partial charge in [0.2, 0.25) is 5.91 Å². The summed E-state index contributed by atoms with van der Waals surface area (Å²) in [6.45, 7) is 4.16. The molecule has 0 bridgehead atoms. The Kier molecular flexibility index (Phi) is 30.6. The molecule has 40 heavy (non-hydrogen) atoms. The molecule has 0 aliphatic rings. The van der Waals surface area contributed by atoms with E-state index in [-0.39, 0.29) is 12.5 Å². The summed E-state index contributed by atoms with van der Waals surface area (Å²) in [5, 5.41) is 22.8. The molecule has 0 aliphatic heterocycles. The van der Waals surface area contributed by atoms with Crippen LogP contribution >= 0.6 is 0 Å². The molecule has 0 aromatic rings. The summed E-state index contributed by atoms with van der Waals surface area (Å²) < 4.78 is 0. The van der Waals surface area contributed by atoms with E-state index in [0.717, 1.165) is 57.8 Å². The van der Waals surface area contributed by atoms with Gasteiger partial charge in [0.1, 0.15) is 0 Å². The lowest BCUT2D eigenvalue weighted by molar-refractivity contribution is -0.123. The Bertz CT molecular complexity index is 652. The highest BCUT2D eigenvalue weighted by molar-refractivity contribution is 5.76. The van der Waals surface area contributed by atoms with Gasteiger partial charge in [-0.15, -0.1) is 0 Å². The van der Waals surface area contributed by atoms with Crippen LogP contribution in [0, 0.1) is 0 Å². The molecule has 0 saturated heterocycles. The van der Waals surface area contributed by atoms with Crippen LogP contribution in [0.4, 0.5) is 0 Å². The van der Waals surface area contributed by atoms with Crippen molar-refractivity contribution in [2.45, 2.75) is 167 Å². The quantitative estimate of drug-likeness (QED) is 0.0631. The first kappa shape index (κ1) is 38.4. The van der Waals surface area contributed by atoms with Crippen molar-refractivity contribution in [3.63, 3.8) is 0 Å². The molecule has 0 rings (SSSR count). The molecular weight excluding hydrogens is 494 g/mol. The van der Waals surface area contributed by atoms with Crippen molar-refractivity contribution < 1.29 is 15.0 Å². The number of hydrogen-bond donors (Lipinski definition) is 3. The van der Waals surface area contributed by atoms with E-state index in [4.69, 9.17) is 0 Å². The van der Waals surface area contributed by atoms with Gasteiger partial charge in [-0.2, -0.15) is 0 Å². The molecule has 0 aliphatic carbocycles. The van der Waals surface area contributed by atoms with E-state index in [1.807, 2.05) is 6.08 Å². The van der Waals surface area contributed by atoms with Gasteiger partial charge in [-0.3, -0.25) is 4.79 Å². The van der Waals surface area contributed by atoms with E-state index in [1.54, 1.807) is 6.08 Å². The number of carbonyl (C=O) groups excluding carboxylic acids is 1. The van der Waals surface area contributed by atoms with Crippen molar-refractivity contribution >= 4 is 5.91 Å². The Balaban J connectivity index is 3.71. The second-order valence-corrected chi connectivity index (χ2v) is 11.2. The van der Waals surface area contributed by atoms with Gasteiger partial charge in [-0.25, -0.2) is 0 Å². The molecule has 0 spiro atoms. The lowest BCUT2D eigenvalue weighted by Gasteiger charge is -2.20. The van der Waals surface area contributed by atoms with Crippen LogP contribution in [-0.2, 0) is 4.79 Å². The number of amides is 1. The number of carbonyl (C=O) groups is 1. The van der Waals surface area contributed by atoms with Gasteiger partial charge in [0.15, 0.2) is 0 Å². The molecule has 0 heterocycles. The molecule has 0 unspecified atom stereocenters. The van der Waals surface area contributed by atoms with E-state index < -0.39 is 12.1 Å². The van der Waals surface area contributed by atoms with Gasteiger partial charge >= 0.3 is 0 Å². The maximum atomic E-state index is 12.3. The van der Waals surface area contributed by atoms with Gasteiger partial charge in [0, 0.05) is 6.42 Å². The van der Waals surface area contributed by atoms with Crippen LogP contribution in [0.2, 0.25) is 0 Å². The zero-order valence-corrected chi connectivity index (χ0v) is 26.3. The van der Waals surface area contributed by atoms with Crippen molar-refractivity contribution in [1.82, 2.24) is 5.32 Å². The van der Waals surface area contributed by atoms with Crippen LogP contribution in [0.1, 0.15) is 155 Å². The molecule has 3 N–H and O–H groups in total. The fraction of sp³-hybridized carbons (Fsp3) is 0.750. The monoisotopic (exact) mass is 559 g/mol. The van der Waals surface area contributed by atoms with Gasteiger partial charge in [-0.1, -0.05) is 146 Å². The van der Waals surface area contributed by atoms with Crippen LogP contribution in [0.15, 0.2) is 48.6 Å². The fourth-order valence-electron chi connectivity index (χ4n) is 4.72. The van der Waals surface area contributed by atoms with Crippen molar-refractivity contribution in [2.24, 2.45) is 0 Å². The average molecular weight is 560 g/mol. The minimum absolute atomic E-state index is 0.0852. The van der Waals surface area contributed by atoms with E-state index >= 15 is 0 Å². The summed E-state index contributed by atoms with van der Waals surface area (Å²) in [6.07, 6.45) is 41.8. The molecular formula is C36H65NO3. The summed E-state index contributed by atoms with van der Waals surface area (Å²) in [7, 11) is 0. The lowest BCUT2D eigenvalue weighted by atomic mass is 10.0. The smallest absolute Gasteiger partial charge is 0.220 e. The zero-order chi connectivity index (χ0) is 29.4. The number of hydrogen-bond acceptors (Lipinski definition) is 3. The SMILES string of the molecule is CC/C=C\C/C=C\C/C=C/CCCCCCCC(=O)N[C@@H](CO)[C@H](O)/C=C/CCCCCCCCCCCCC. The number of aliphatic hydroxyl groups excluding tert-OH is 2. The predicted molar refractivity (Wildman–Crippen MR) is 175 cm³/mol. The zero-order valence-electron chi connectivity index (χ0n) is 26.3. The molecule has 0 fully saturated rings. The molecule has 1 amide bonds. The number of allylic oxidation sites excluding steroid dienone is 7. The number of nitrogens with one attached hydrogen (secondary N) is 1. The Morgan fingerprint density at radius 2 is 1.10 bits per heavy atom. The van der Waals surface area contributed by atoms with Gasteiger partial charge in [0.05, 0.1) is 18.8 Å². The molecule has 0 radical (unpaired) electrons. The van der Waals surface area contributed by atoms with Crippen molar-refractivity contribution in [3.05, 3.63) is 48.6 Å². The Labute approximate surface area is 248 Å². The van der Waals surface area contributed by atoms with Gasteiger partial charge < -0.3 is 15.5 Å². The fourth-order valence-corrected chi connectivity index (χ4v) is 4.72. The summed E-state index contributed by atoms with van der Waals surface area (Å²) >= 11 is 0. The third-order valence-corrected chi connectivity index (χ3v) is 7.32. The molecule has 0 aromatic carbocycles. The highest BCUT2D eigenvalue weighted by Gasteiger charge is 2.17.